The smallest absolute Gasteiger partial charge is 0.394 e. The molecule has 250 valence electrons. The number of nitrogens with one attached hydrogen (secondary N) is 1. The third-order valence-corrected chi connectivity index (χ3v) is 8.17. The number of carbonyl (C=O) groups is 3. The average Bonchev–Trinajstić information content (AvgIpc) is 3.09. The summed E-state index contributed by atoms with van der Waals surface area (Å²) in [6, 6.07) is 15.4. The fourth-order valence-corrected chi connectivity index (χ4v) is 5.78. The number of aliphatic imine (C=N–C) groups is 1. The molecule has 2 aliphatic heterocycles. The molecular formula is C35H33F4N5O4. The maximum atomic E-state index is 14.3. The highest BCUT2D eigenvalue weighted by Crippen LogP contribution is 2.38. The predicted octanol–water partition coefficient (Wildman–Crippen LogP) is 4.95. The Morgan fingerprint density at radius 1 is 1.08 bits per heavy atom. The molecule has 2 unspecified atom stereocenters. The van der Waals surface area contributed by atoms with E-state index in [1.165, 1.54) is 28.0 Å². The van der Waals surface area contributed by atoms with Crippen LogP contribution >= 0.6 is 0 Å². The Kier molecular flexibility index (Phi) is 10.1. The number of carbonyl (C=O) groups excluding carboxylic acids is 3. The van der Waals surface area contributed by atoms with Crippen LogP contribution < -0.4 is 11.1 Å². The lowest BCUT2D eigenvalue weighted by atomic mass is 9.78. The minimum atomic E-state index is -4.72. The molecule has 3 N–H and O–H groups in total. The molecule has 3 atom stereocenters. The molecule has 3 aromatic rings. The van der Waals surface area contributed by atoms with Gasteiger partial charge in [-0.15, -0.1) is 6.58 Å². The quantitative estimate of drug-likeness (QED) is 0.211. The second kappa shape index (κ2) is 14.2. The van der Waals surface area contributed by atoms with Gasteiger partial charge >= 0.3 is 6.18 Å². The van der Waals surface area contributed by atoms with Crippen LogP contribution in [0.15, 0.2) is 108 Å². The minimum Gasteiger partial charge on any atom is -0.394 e. The number of hydrogen-bond donors (Lipinski definition) is 2. The van der Waals surface area contributed by atoms with Gasteiger partial charge in [-0.25, -0.2) is 9.38 Å². The van der Waals surface area contributed by atoms with Crippen molar-refractivity contribution in [2.24, 2.45) is 10.7 Å². The first-order chi connectivity index (χ1) is 22.9. The molecule has 0 saturated carbocycles. The number of nitrogens with zero attached hydrogens (tertiary/aromatic N) is 3. The van der Waals surface area contributed by atoms with E-state index in [0.29, 0.717) is 17.3 Å². The number of hydrogen-bond acceptors (Lipinski definition) is 6. The van der Waals surface area contributed by atoms with Crippen LogP contribution in [0.4, 0.5) is 23.2 Å². The zero-order chi connectivity index (χ0) is 34.6. The Labute approximate surface area is 274 Å². The summed E-state index contributed by atoms with van der Waals surface area (Å²) in [5, 5.41) is 2.60. The van der Waals surface area contributed by atoms with Gasteiger partial charge in [-0.2, -0.15) is 13.2 Å². The highest BCUT2D eigenvalue weighted by Gasteiger charge is 2.47. The van der Waals surface area contributed by atoms with Gasteiger partial charge in [0, 0.05) is 30.1 Å². The van der Waals surface area contributed by atoms with Gasteiger partial charge in [-0.1, -0.05) is 42.5 Å². The van der Waals surface area contributed by atoms with Gasteiger partial charge in [0.15, 0.2) is 0 Å². The lowest BCUT2D eigenvalue weighted by Gasteiger charge is -2.42. The van der Waals surface area contributed by atoms with Crippen molar-refractivity contribution in [1.82, 2.24) is 15.1 Å². The number of para-hydroxylation sites is 1. The Hall–Kier alpha value is -5.30. The minimum absolute atomic E-state index is 0.0222. The van der Waals surface area contributed by atoms with E-state index in [9.17, 15) is 31.9 Å². The van der Waals surface area contributed by atoms with E-state index in [0.717, 1.165) is 24.3 Å². The van der Waals surface area contributed by atoms with Crippen LogP contribution in [0.3, 0.4) is 0 Å². The third-order valence-electron chi connectivity index (χ3n) is 8.17. The molecule has 2 fully saturated rings. The van der Waals surface area contributed by atoms with Gasteiger partial charge in [0.1, 0.15) is 23.4 Å². The van der Waals surface area contributed by atoms with Crippen LogP contribution in [0.25, 0.3) is 0 Å². The van der Waals surface area contributed by atoms with Gasteiger partial charge in [0.25, 0.3) is 17.7 Å². The largest absolute Gasteiger partial charge is 0.416 e. The van der Waals surface area contributed by atoms with Crippen molar-refractivity contribution in [2.75, 3.05) is 26.3 Å². The first-order valence-electron chi connectivity index (χ1n) is 15.1. The van der Waals surface area contributed by atoms with E-state index in [1.54, 1.807) is 43.3 Å². The summed E-state index contributed by atoms with van der Waals surface area (Å²) in [5.41, 5.74) is 5.86. The number of morpholine rings is 1. The monoisotopic (exact) mass is 663 g/mol. The van der Waals surface area contributed by atoms with Gasteiger partial charge < -0.3 is 20.7 Å². The van der Waals surface area contributed by atoms with E-state index in [4.69, 9.17) is 15.5 Å². The summed E-state index contributed by atoms with van der Waals surface area (Å²) in [4.78, 5) is 49.6. The maximum Gasteiger partial charge on any atom is 0.416 e. The second-order valence-corrected chi connectivity index (χ2v) is 11.1. The summed E-state index contributed by atoms with van der Waals surface area (Å²) in [7, 11) is 0. The lowest BCUT2D eigenvalue weighted by Crippen LogP contribution is -2.60. The fraction of sp³-hybridized carbons (Fsp3) is 0.257. The Morgan fingerprint density at radius 3 is 2.44 bits per heavy atom. The summed E-state index contributed by atoms with van der Waals surface area (Å²) in [6.07, 6.45) is -3.17. The van der Waals surface area contributed by atoms with E-state index in [1.807, 2.05) is 0 Å². The Balaban J connectivity index is 1.73. The number of halogens is 4. The summed E-state index contributed by atoms with van der Waals surface area (Å²) >= 11 is 0. The van der Waals surface area contributed by atoms with E-state index in [2.05, 4.69) is 11.9 Å². The number of likely N-dealkylation sites (N-methyl/N-ethyl adjacent to an activating group) is 1. The first-order valence-corrected chi connectivity index (χ1v) is 15.1. The zero-order valence-electron chi connectivity index (χ0n) is 25.9. The lowest BCUT2D eigenvalue weighted by molar-refractivity contribution is -0.137. The van der Waals surface area contributed by atoms with Crippen molar-refractivity contribution in [2.45, 2.75) is 31.1 Å². The van der Waals surface area contributed by atoms with Crippen molar-refractivity contribution in [1.29, 1.82) is 0 Å². The Bertz CT molecular complexity index is 1760. The molecule has 48 heavy (non-hydrogen) atoms. The number of amides is 3. The molecule has 0 radical (unpaired) electrons. The van der Waals surface area contributed by atoms with Crippen LogP contribution in [-0.4, -0.2) is 71.7 Å². The van der Waals surface area contributed by atoms with Crippen molar-refractivity contribution in [3.05, 3.63) is 125 Å². The fourth-order valence-electron chi connectivity index (χ4n) is 5.78. The maximum absolute atomic E-state index is 14.3. The zero-order valence-corrected chi connectivity index (χ0v) is 25.9. The molecule has 3 amide bonds. The summed E-state index contributed by atoms with van der Waals surface area (Å²) in [6.45, 7) is 6.08. The predicted molar refractivity (Wildman–Crippen MR) is 170 cm³/mol. The average molecular weight is 664 g/mol. The molecule has 5 rings (SSSR count). The van der Waals surface area contributed by atoms with Crippen LogP contribution in [-0.2, 0) is 20.5 Å². The van der Waals surface area contributed by atoms with Crippen LogP contribution in [0.1, 0.15) is 34.3 Å². The van der Waals surface area contributed by atoms with E-state index >= 15 is 0 Å². The molecule has 0 bridgehead atoms. The van der Waals surface area contributed by atoms with Crippen molar-refractivity contribution < 1.29 is 36.7 Å². The Morgan fingerprint density at radius 2 is 1.79 bits per heavy atom. The standard InChI is InChI=1S/C35H33F4N5O4/c1-3-26-20-48-18-17-44(26)33(46)29(40)28-27(21-13-15-24(36)16-14-21)30(42-32(45)22-9-8-10-23(19-22)35(37,38)39)34(47)43(4-2)31(28)41-25-11-6-5-7-12-25/h3,5-16,19,26-27,30H,1,4,17-18,20,40H2,2H3,(H,42,45)/b29-28-,41-31?/t26-,27?,30?/m1/s1. The topological polar surface area (TPSA) is 117 Å². The number of likely N-dealkylation sites (tertiary alicyclic amines) is 1. The van der Waals surface area contributed by atoms with Crippen LogP contribution in [0.5, 0.6) is 0 Å². The van der Waals surface area contributed by atoms with Crippen molar-refractivity contribution >= 4 is 29.2 Å². The number of alkyl halides is 3. The highest BCUT2D eigenvalue weighted by atomic mass is 19.4. The molecule has 3 aromatic carbocycles. The molecule has 9 nitrogen and oxygen atoms in total. The van der Waals surface area contributed by atoms with Crippen molar-refractivity contribution in [3.63, 3.8) is 0 Å². The normalized spacial score (nSPS) is 22.0. The number of benzene rings is 3. The van der Waals surface area contributed by atoms with Crippen molar-refractivity contribution in [3.8, 4) is 0 Å². The van der Waals surface area contributed by atoms with E-state index in [-0.39, 0.29) is 49.0 Å². The second-order valence-electron chi connectivity index (χ2n) is 11.1. The number of rotatable bonds is 7. The number of ether oxygens (including phenoxy) is 1. The van der Waals surface area contributed by atoms with Gasteiger partial charge in [-0.3, -0.25) is 19.3 Å². The molecule has 13 heteroatoms. The highest BCUT2D eigenvalue weighted by molar-refractivity contribution is 6.18. The third kappa shape index (κ3) is 7.00. The molecule has 0 spiro atoms. The van der Waals surface area contributed by atoms with Crippen LogP contribution in [0, 0.1) is 5.82 Å². The SMILES string of the molecule is C=C[C@@H]1COCCN1C(=O)/C(N)=C1/C(=Nc2ccccc2)N(CC)C(=O)C(NC(=O)c2cccc(C(F)(F)F)c2)C1c1ccc(F)cc1. The number of amidine groups is 1. The molecule has 0 aromatic heterocycles. The molecular weight excluding hydrogens is 630 g/mol. The van der Waals surface area contributed by atoms with Gasteiger partial charge in [0.2, 0.25) is 0 Å². The molecule has 2 saturated heterocycles. The summed E-state index contributed by atoms with van der Waals surface area (Å²) < 4.78 is 60.2. The molecule has 0 aliphatic carbocycles. The van der Waals surface area contributed by atoms with E-state index < -0.39 is 53.3 Å². The summed E-state index contributed by atoms with van der Waals surface area (Å²) in [5.74, 6) is -4.03. The van der Waals surface area contributed by atoms with Crippen LogP contribution in [0.2, 0.25) is 0 Å². The first kappa shape index (κ1) is 34.0. The van der Waals surface area contributed by atoms with Gasteiger partial charge in [0.05, 0.1) is 30.5 Å². The molecule has 2 heterocycles. The van der Waals surface area contributed by atoms with Gasteiger partial charge in [-0.05, 0) is 55.0 Å². The number of nitrogens with two attached hydrogens (primary N) is 1. The molecule has 2 aliphatic rings. The number of piperidine rings is 1.